The normalized spacial score (nSPS) is 26.2. The molecule has 0 unspecified atom stereocenters. The summed E-state index contributed by atoms with van der Waals surface area (Å²) in [4.78, 5) is 14.0. The van der Waals surface area contributed by atoms with Crippen molar-refractivity contribution in [1.29, 1.82) is 0 Å². The molecule has 0 radical (unpaired) electrons. The third-order valence-corrected chi connectivity index (χ3v) is 4.02. The zero-order chi connectivity index (χ0) is 14.3. The van der Waals surface area contributed by atoms with Gasteiger partial charge in [0.2, 0.25) is 0 Å². The Morgan fingerprint density at radius 2 is 1.85 bits per heavy atom. The number of likely N-dealkylation sites (tertiary alicyclic amines) is 1. The second kappa shape index (κ2) is 4.73. The van der Waals surface area contributed by atoms with Crippen LogP contribution in [0.1, 0.15) is 6.42 Å². The van der Waals surface area contributed by atoms with E-state index in [4.69, 9.17) is 0 Å². The fraction of sp³-hybridized carbons (Fsp3) is 0.538. The van der Waals surface area contributed by atoms with Crippen LogP contribution < -0.4 is 4.90 Å². The maximum Gasteiger partial charge on any atom is 0.401 e. The predicted octanol–water partition coefficient (Wildman–Crippen LogP) is 2.91. The molecule has 0 spiro atoms. The lowest BCUT2D eigenvalue weighted by Gasteiger charge is -2.35. The number of alkyl halides is 3. The molecule has 2 aliphatic heterocycles. The first kappa shape index (κ1) is 13.4. The Kier molecular flexibility index (Phi) is 3.16. The van der Waals surface area contributed by atoms with Gasteiger partial charge in [-0.2, -0.15) is 13.2 Å². The number of hydrogen-bond donors (Lipinski definition) is 0. The van der Waals surface area contributed by atoms with E-state index in [1.165, 1.54) is 4.90 Å². The second-order valence-electron chi connectivity index (χ2n) is 5.35. The molecule has 0 N–H and O–H groups in total. The van der Waals surface area contributed by atoms with Crippen molar-refractivity contribution in [2.24, 2.45) is 5.18 Å². The summed E-state index contributed by atoms with van der Waals surface area (Å²) in [6.07, 6.45) is -3.36. The molecule has 0 aromatic heterocycles. The first-order valence-electron chi connectivity index (χ1n) is 6.47. The van der Waals surface area contributed by atoms with E-state index in [-0.39, 0.29) is 12.1 Å². The molecule has 1 aromatic carbocycles. The summed E-state index contributed by atoms with van der Waals surface area (Å²) in [6.45, 7) is 0.225. The van der Waals surface area contributed by atoms with Crippen LogP contribution in [0.2, 0.25) is 0 Å². The summed E-state index contributed by atoms with van der Waals surface area (Å²) in [5.41, 5.74) is 1.30. The maximum atomic E-state index is 12.4. The van der Waals surface area contributed by atoms with Crippen molar-refractivity contribution < 1.29 is 13.2 Å². The molecule has 2 saturated heterocycles. The average molecular weight is 285 g/mol. The monoisotopic (exact) mass is 285 g/mol. The molecule has 108 valence electrons. The van der Waals surface area contributed by atoms with Gasteiger partial charge in [0, 0.05) is 30.9 Å². The molecule has 0 aliphatic carbocycles. The molecule has 2 atom stereocenters. The molecule has 4 nitrogen and oxygen atoms in total. The van der Waals surface area contributed by atoms with Crippen molar-refractivity contribution >= 4 is 11.4 Å². The van der Waals surface area contributed by atoms with Crippen LogP contribution in [0, 0.1) is 4.91 Å². The first-order valence-corrected chi connectivity index (χ1v) is 6.47. The Labute approximate surface area is 114 Å². The highest BCUT2D eigenvalue weighted by molar-refractivity contribution is 5.55. The number of nitroso groups, excluding NO2 is 1. The molecule has 7 heteroatoms. The zero-order valence-corrected chi connectivity index (χ0v) is 10.7. The summed E-state index contributed by atoms with van der Waals surface area (Å²) < 4.78 is 37.3. The Bertz CT molecular complexity index is 503. The van der Waals surface area contributed by atoms with Gasteiger partial charge >= 0.3 is 6.18 Å². The molecular formula is C13H14F3N3O. The van der Waals surface area contributed by atoms with Crippen molar-refractivity contribution in [1.82, 2.24) is 4.90 Å². The number of fused-ring (bicyclic) bond motifs is 2. The van der Waals surface area contributed by atoms with Crippen LogP contribution in [-0.4, -0.2) is 42.8 Å². The number of piperazine rings is 1. The first-order chi connectivity index (χ1) is 9.46. The second-order valence-corrected chi connectivity index (χ2v) is 5.35. The fourth-order valence-electron chi connectivity index (χ4n) is 3.19. The van der Waals surface area contributed by atoms with Gasteiger partial charge in [-0.3, -0.25) is 4.90 Å². The number of rotatable bonds is 3. The number of hydrogen-bond acceptors (Lipinski definition) is 4. The molecule has 2 fully saturated rings. The highest BCUT2D eigenvalue weighted by Crippen LogP contribution is 2.36. The topological polar surface area (TPSA) is 35.9 Å². The standard InChI is InChI=1S/C13H14F3N3O/c14-13(15,16)8-18-6-12-5-11(18)7-19(12)10-3-1-9(17-20)2-4-10/h1-4,11-12H,5-8H2/t11-,12-/m0/s1. The predicted molar refractivity (Wildman–Crippen MR) is 69.1 cm³/mol. The van der Waals surface area contributed by atoms with Crippen molar-refractivity contribution in [3.8, 4) is 0 Å². The van der Waals surface area contributed by atoms with E-state index in [1.807, 2.05) is 0 Å². The van der Waals surface area contributed by atoms with Crippen molar-refractivity contribution in [2.45, 2.75) is 24.7 Å². The van der Waals surface area contributed by atoms with Crippen LogP contribution in [0.15, 0.2) is 29.4 Å². The van der Waals surface area contributed by atoms with E-state index in [0.717, 1.165) is 12.1 Å². The molecule has 0 amide bonds. The lowest BCUT2D eigenvalue weighted by atomic mass is 10.2. The van der Waals surface area contributed by atoms with Gasteiger partial charge in [-0.05, 0) is 35.9 Å². The minimum absolute atomic E-state index is 0.0366. The maximum absolute atomic E-state index is 12.4. The third-order valence-electron chi connectivity index (χ3n) is 4.02. The highest BCUT2D eigenvalue weighted by Gasteiger charge is 2.46. The zero-order valence-electron chi connectivity index (χ0n) is 10.7. The summed E-state index contributed by atoms with van der Waals surface area (Å²) in [6, 6.07) is 6.93. The molecule has 2 aliphatic rings. The van der Waals surface area contributed by atoms with Gasteiger partial charge < -0.3 is 4.90 Å². The van der Waals surface area contributed by atoms with Crippen LogP contribution >= 0.6 is 0 Å². The number of nitrogens with zero attached hydrogens (tertiary/aromatic N) is 3. The van der Waals surface area contributed by atoms with Crippen LogP contribution in [0.4, 0.5) is 24.5 Å². The Balaban J connectivity index is 1.67. The van der Waals surface area contributed by atoms with Gasteiger partial charge in [-0.1, -0.05) is 0 Å². The van der Waals surface area contributed by atoms with Crippen LogP contribution in [-0.2, 0) is 0 Å². The lowest BCUT2D eigenvalue weighted by molar-refractivity contribution is -0.148. The third kappa shape index (κ3) is 2.49. The van der Waals surface area contributed by atoms with Gasteiger partial charge in [0.1, 0.15) is 5.69 Å². The summed E-state index contributed by atoms with van der Waals surface area (Å²) in [5.74, 6) is 0. The highest BCUT2D eigenvalue weighted by atomic mass is 19.4. The molecule has 2 heterocycles. The number of anilines is 1. The van der Waals surface area contributed by atoms with Crippen LogP contribution in [0.25, 0.3) is 0 Å². The Morgan fingerprint density at radius 1 is 1.15 bits per heavy atom. The average Bonchev–Trinajstić information content (AvgIpc) is 2.96. The van der Waals surface area contributed by atoms with Gasteiger partial charge in [-0.25, -0.2) is 0 Å². The summed E-state index contributed by atoms with van der Waals surface area (Å²) in [7, 11) is 0. The van der Waals surface area contributed by atoms with E-state index in [9.17, 15) is 18.1 Å². The van der Waals surface area contributed by atoms with E-state index in [0.29, 0.717) is 18.8 Å². The van der Waals surface area contributed by atoms with E-state index >= 15 is 0 Å². The molecular weight excluding hydrogens is 271 g/mol. The molecule has 0 saturated carbocycles. The summed E-state index contributed by atoms with van der Waals surface area (Å²) >= 11 is 0. The van der Waals surface area contributed by atoms with E-state index in [2.05, 4.69) is 10.1 Å². The van der Waals surface area contributed by atoms with Gasteiger partial charge in [0.05, 0.1) is 6.54 Å². The lowest BCUT2D eigenvalue weighted by Crippen LogP contribution is -2.49. The van der Waals surface area contributed by atoms with Crippen LogP contribution in [0.5, 0.6) is 0 Å². The fourth-order valence-corrected chi connectivity index (χ4v) is 3.19. The van der Waals surface area contributed by atoms with Gasteiger partial charge in [-0.15, -0.1) is 4.91 Å². The van der Waals surface area contributed by atoms with Gasteiger partial charge in [0.15, 0.2) is 0 Å². The van der Waals surface area contributed by atoms with Crippen molar-refractivity contribution in [3.05, 3.63) is 29.2 Å². The van der Waals surface area contributed by atoms with Crippen molar-refractivity contribution in [2.75, 3.05) is 24.5 Å². The number of halogens is 3. The SMILES string of the molecule is O=Nc1ccc(N2C[C@@H]3C[C@H]2CN3CC(F)(F)F)cc1. The van der Waals surface area contributed by atoms with Gasteiger partial charge in [0.25, 0.3) is 0 Å². The summed E-state index contributed by atoms with van der Waals surface area (Å²) in [5, 5.41) is 2.84. The van der Waals surface area contributed by atoms with Crippen molar-refractivity contribution in [3.63, 3.8) is 0 Å². The smallest absolute Gasteiger partial charge is 0.366 e. The largest absolute Gasteiger partial charge is 0.401 e. The minimum Gasteiger partial charge on any atom is -0.366 e. The Hall–Kier alpha value is -1.63. The van der Waals surface area contributed by atoms with E-state index in [1.54, 1.807) is 24.3 Å². The van der Waals surface area contributed by atoms with Crippen LogP contribution in [0.3, 0.4) is 0 Å². The van der Waals surface area contributed by atoms with E-state index < -0.39 is 12.7 Å². The molecule has 20 heavy (non-hydrogen) atoms. The molecule has 1 aromatic rings. The molecule has 3 rings (SSSR count). The minimum atomic E-state index is -4.13. The molecule has 2 bridgehead atoms. The quantitative estimate of drug-likeness (QED) is 0.801. The Morgan fingerprint density at radius 3 is 2.35 bits per heavy atom. The number of benzene rings is 1.